The Kier molecular flexibility index (Phi) is 4.83. The van der Waals surface area contributed by atoms with Crippen molar-refractivity contribution in [1.82, 2.24) is 0 Å². The summed E-state index contributed by atoms with van der Waals surface area (Å²) in [5.41, 5.74) is 1.27. The van der Waals surface area contributed by atoms with Crippen LogP contribution in [-0.2, 0) is 4.79 Å². The first-order valence-electron chi connectivity index (χ1n) is 7.31. The zero-order chi connectivity index (χ0) is 17.3. The van der Waals surface area contributed by atoms with Crippen molar-refractivity contribution in [3.63, 3.8) is 0 Å². The first kappa shape index (κ1) is 16.9. The predicted molar refractivity (Wildman–Crippen MR) is 93.0 cm³/mol. The van der Waals surface area contributed by atoms with Crippen molar-refractivity contribution >= 4 is 41.1 Å². The van der Waals surface area contributed by atoms with E-state index in [4.69, 9.17) is 23.2 Å². The number of Topliss-reactive ketones (excluding diaryl/α,β-unsaturated/α-hetero) is 1. The highest BCUT2D eigenvalue weighted by atomic mass is 35.5. The number of allylic oxidation sites excluding steroid dienone is 2. The molecular formula is C19H12Cl2F2O. The highest BCUT2D eigenvalue weighted by Crippen LogP contribution is 2.33. The zero-order valence-electron chi connectivity index (χ0n) is 12.5. The van der Waals surface area contributed by atoms with Crippen molar-refractivity contribution in [2.75, 3.05) is 0 Å². The van der Waals surface area contributed by atoms with Crippen molar-refractivity contribution in [3.8, 4) is 0 Å². The van der Waals surface area contributed by atoms with E-state index in [0.717, 1.165) is 0 Å². The van der Waals surface area contributed by atoms with E-state index >= 15 is 0 Å². The lowest BCUT2D eigenvalue weighted by Gasteiger charge is -2.03. The summed E-state index contributed by atoms with van der Waals surface area (Å²) in [6.45, 7) is 0. The first-order chi connectivity index (χ1) is 11.5. The van der Waals surface area contributed by atoms with Crippen LogP contribution < -0.4 is 0 Å². The third kappa shape index (κ3) is 3.28. The van der Waals surface area contributed by atoms with Crippen molar-refractivity contribution in [1.29, 1.82) is 0 Å². The summed E-state index contributed by atoms with van der Waals surface area (Å²) in [4.78, 5) is 12.5. The molecule has 0 unspecified atom stereocenters. The topological polar surface area (TPSA) is 17.1 Å². The molecule has 2 aromatic carbocycles. The van der Waals surface area contributed by atoms with E-state index < -0.39 is 11.6 Å². The van der Waals surface area contributed by atoms with E-state index in [1.165, 1.54) is 36.4 Å². The summed E-state index contributed by atoms with van der Waals surface area (Å²) >= 11 is 12.0. The summed E-state index contributed by atoms with van der Waals surface area (Å²) in [5, 5.41) is 0.481. The molecule has 0 N–H and O–H groups in total. The van der Waals surface area contributed by atoms with E-state index in [1.54, 1.807) is 12.1 Å². The standard InChI is InChI=1S/C19H12Cl2F2O/c20-15-3-1-5-17(22)13(15)9-11-7-8-12(19(11)24)10-14-16(21)4-2-6-18(14)23/h1-6,9-10H,7-8H2. The molecule has 1 nitrogen and oxygen atoms in total. The molecule has 1 fully saturated rings. The molecule has 122 valence electrons. The molecule has 1 aliphatic carbocycles. The van der Waals surface area contributed by atoms with E-state index in [-0.39, 0.29) is 27.0 Å². The van der Waals surface area contributed by atoms with E-state index in [0.29, 0.717) is 24.0 Å². The first-order valence-corrected chi connectivity index (χ1v) is 8.07. The number of hydrogen-bond donors (Lipinski definition) is 0. The van der Waals surface area contributed by atoms with Crippen molar-refractivity contribution in [2.45, 2.75) is 12.8 Å². The molecule has 0 saturated heterocycles. The molecule has 5 heteroatoms. The van der Waals surface area contributed by atoms with Crippen molar-refractivity contribution < 1.29 is 13.6 Å². The summed E-state index contributed by atoms with van der Waals surface area (Å²) in [5.74, 6) is -1.22. The van der Waals surface area contributed by atoms with Gasteiger partial charge in [0.2, 0.25) is 0 Å². The number of ketones is 1. The Morgan fingerprint density at radius 3 is 1.58 bits per heavy atom. The Morgan fingerprint density at radius 2 is 1.21 bits per heavy atom. The minimum absolute atomic E-state index is 0.188. The van der Waals surface area contributed by atoms with Crippen LogP contribution in [0.25, 0.3) is 12.2 Å². The SMILES string of the molecule is O=C1C(=Cc2c(F)cccc2Cl)CCC1=Cc1c(F)cccc1Cl. The van der Waals surface area contributed by atoms with Crippen LogP contribution in [0.2, 0.25) is 10.0 Å². The maximum atomic E-state index is 13.9. The van der Waals surface area contributed by atoms with Crippen molar-refractivity contribution in [3.05, 3.63) is 80.4 Å². The average molecular weight is 365 g/mol. The van der Waals surface area contributed by atoms with Gasteiger partial charge in [0.25, 0.3) is 0 Å². The number of hydrogen-bond acceptors (Lipinski definition) is 1. The maximum absolute atomic E-state index is 13.9. The summed E-state index contributed by atoms with van der Waals surface area (Å²) in [6, 6.07) is 8.70. The van der Waals surface area contributed by atoms with Crippen LogP contribution in [-0.4, -0.2) is 5.78 Å². The smallest absolute Gasteiger partial charge is 0.185 e. The molecule has 0 amide bonds. The normalized spacial score (nSPS) is 17.9. The molecule has 0 heterocycles. The van der Waals surface area contributed by atoms with Crippen LogP contribution in [0.5, 0.6) is 0 Å². The van der Waals surface area contributed by atoms with Crippen LogP contribution >= 0.6 is 23.2 Å². The lowest BCUT2D eigenvalue weighted by molar-refractivity contribution is -0.111. The minimum Gasteiger partial charge on any atom is -0.289 e. The lowest BCUT2D eigenvalue weighted by Crippen LogP contribution is -1.97. The van der Waals surface area contributed by atoms with Gasteiger partial charge in [-0.1, -0.05) is 35.3 Å². The monoisotopic (exact) mass is 364 g/mol. The second-order valence-electron chi connectivity index (χ2n) is 5.44. The highest BCUT2D eigenvalue weighted by molar-refractivity contribution is 6.33. The van der Waals surface area contributed by atoms with Gasteiger partial charge in [0.05, 0.1) is 10.0 Å². The summed E-state index contributed by atoms with van der Waals surface area (Å²) in [7, 11) is 0. The fourth-order valence-electron chi connectivity index (χ4n) is 2.62. The van der Waals surface area contributed by atoms with E-state index in [2.05, 4.69) is 0 Å². The fourth-order valence-corrected chi connectivity index (χ4v) is 3.06. The molecule has 24 heavy (non-hydrogen) atoms. The van der Waals surface area contributed by atoms with Gasteiger partial charge in [-0.2, -0.15) is 0 Å². The Labute approximate surface area is 148 Å². The average Bonchev–Trinajstić information content (AvgIpc) is 2.87. The van der Waals surface area contributed by atoms with Gasteiger partial charge in [0.1, 0.15) is 11.6 Å². The van der Waals surface area contributed by atoms with Crippen LogP contribution in [0.1, 0.15) is 24.0 Å². The number of halogens is 4. The molecular weight excluding hydrogens is 353 g/mol. The molecule has 1 saturated carbocycles. The summed E-state index contributed by atoms with van der Waals surface area (Å²) < 4.78 is 27.7. The summed E-state index contributed by atoms with van der Waals surface area (Å²) in [6.07, 6.45) is 3.82. The van der Waals surface area contributed by atoms with Crippen LogP contribution in [0, 0.1) is 11.6 Å². The van der Waals surface area contributed by atoms with Gasteiger partial charge in [0, 0.05) is 22.3 Å². The van der Waals surface area contributed by atoms with Crippen molar-refractivity contribution in [2.24, 2.45) is 0 Å². The Balaban J connectivity index is 1.96. The van der Waals surface area contributed by atoms with Gasteiger partial charge in [0.15, 0.2) is 5.78 Å². The molecule has 2 aromatic rings. The number of carbonyl (C=O) groups is 1. The Bertz CT molecular complexity index is 773. The molecule has 0 aliphatic heterocycles. The van der Waals surface area contributed by atoms with Gasteiger partial charge < -0.3 is 0 Å². The quantitative estimate of drug-likeness (QED) is 0.588. The van der Waals surface area contributed by atoms with E-state index in [1.807, 2.05) is 0 Å². The zero-order valence-corrected chi connectivity index (χ0v) is 14.0. The van der Waals surface area contributed by atoms with Gasteiger partial charge in [-0.15, -0.1) is 0 Å². The fraction of sp³-hybridized carbons (Fsp3) is 0.105. The molecule has 3 rings (SSSR count). The van der Waals surface area contributed by atoms with Gasteiger partial charge >= 0.3 is 0 Å². The van der Waals surface area contributed by atoms with Crippen LogP contribution in [0.15, 0.2) is 47.5 Å². The van der Waals surface area contributed by atoms with Crippen LogP contribution in [0.4, 0.5) is 8.78 Å². The van der Waals surface area contributed by atoms with Crippen LogP contribution in [0.3, 0.4) is 0 Å². The number of carbonyl (C=O) groups excluding carboxylic acids is 1. The van der Waals surface area contributed by atoms with E-state index in [9.17, 15) is 13.6 Å². The van der Waals surface area contributed by atoms with Gasteiger partial charge in [-0.25, -0.2) is 8.78 Å². The van der Waals surface area contributed by atoms with Gasteiger partial charge in [-0.05, 0) is 49.3 Å². The molecule has 0 spiro atoms. The lowest BCUT2D eigenvalue weighted by atomic mass is 10.1. The Hall–Kier alpha value is -1.97. The molecule has 1 aliphatic rings. The Morgan fingerprint density at radius 1 is 0.792 bits per heavy atom. The number of rotatable bonds is 2. The second-order valence-corrected chi connectivity index (χ2v) is 6.25. The molecule has 0 aromatic heterocycles. The third-order valence-electron chi connectivity index (χ3n) is 3.88. The second kappa shape index (κ2) is 6.88. The highest BCUT2D eigenvalue weighted by Gasteiger charge is 2.24. The predicted octanol–water partition coefficient (Wildman–Crippen LogP) is 6.10. The third-order valence-corrected chi connectivity index (χ3v) is 4.54. The number of benzene rings is 2. The molecule has 0 radical (unpaired) electrons. The largest absolute Gasteiger partial charge is 0.289 e. The maximum Gasteiger partial charge on any atom is 0.185 e. The molecule has 0 bridgehead atoms. The van der Waals surface area contributed by atoms with Gasteiger partial charge in [-0.3, -0.25) is 4.79 Å². The molecule has 0 atom stereocenters. The minimum atomic E-state index is -0.489.